The molecule has 1 fully saturated rings. The lowest BCUT2D eigenvalue weighted by atomic mass is 10.2. The molecule has 2 heterocycles. The number of rotatable bonds is 8. The molecular formula is C23H25N5O3S. The number of methoxy groups -OCH3 is 1. The van der Waals surface area contributed by atoms with Gasteiger partial charge in [0, 0.05) is 18.1 Å². The molecule has 8 nitrogen and oxygen atoms in total. The van der Waals surface area contributed by atoms with E-state index in [0.717, 1.165) is 24.0 Å². The summed E-state index contributed by atoms with van der Waals surface area (Å²) in [4.78, 5) is 16.8. The van der Waals surface area contributed by atoms with Gasteiger partial charge in [0.2, 0.25) is 5.16 Å². The minimum Gasteiger partial charge on any atom is -0.493 e. The van der Waals surface area contributed by atoms with Crippen molar-refractivity contribution in [3.8, 4) is 11.5 Å². The zero-order valence-corrected chi connectivity index (χ0v) is 18.9. The van der Waals surface area contributed by atoms with Crippen LogP contribution >= 0.6 is 11.8 Å². The zero-order valence-electron chi connectivity index (χ0n) is 18.1. The number of nitrogens with zero attached hydrogens (tertiary/aromatic N) is 5. The van der Waals surface area contributed by atoms with Gasteiger partial charge in [-0.05, 0) is 68.0 Å². The third kappa shape index (κ3) is 5.34. The first-order chi connectivity index (χ1) is 15.6. The summed E-state index contributed by atoms with van der Waals surface area (Å²) in [6.45, 7) is 1.62. The lowest BCUT2D eigenvalue weighted by Gasteiger charge is -2.16. The summed E-state index contributed by atoms with van der Waals surface area (Å²) in [5, 5.41) is 13.0. The molecular weight excluding hydrogens is 426 g/mol. The fourth-order valence-corrected chi connectivity index (χ4v) is 4.26. The molecule has 0 unspecified atom stereocenters. The van der Waals surface area contributed by atoms with E-state index >= 15 is 0 Å². The van der Waals surface area contributed by atoms with Crippen LogP contribution in [0.1, 0.15) is 42.5 Å². The van der Waals surface area contributed by atoms with Crippen molar-refractivity contribution in [2.75, 3.05) is 7.11 Å². The first-order valence-corrected chi connectivity index (χ1v) is 11.5. The zero-order chi connectivity index (χ0) is 22.3. The highest BCUT2D eigenvalue weighted by molar-refractivity contribution is 7.98. The second-order valence-electron chi connectivity index (χ2n) is 7.51. The number of aryl methyl sites for hydroxylation is 1. The number of hydrogen-bond acceptors (Lipinski definition) is 8. The summed E-state index contributed by atoms with van der Waals surface area (Å²) in [6.07, 6.45) is 9.81. The van der Waals surface area contributed by atoms with Gasteiger partial charge in [-0.1, -0.05) is 17.8 Å². The standard InChI is InChI=1S/C23H25N5O3S/c1-16-22(29)28(23(27-26-16)32-15-18-6-5-11-24-13-18)25-14-17-9-10-20(30-2)21(12-17)31-19-7-3-4-8-19/h5-6,9-14,19H,3-4,7-8,15H2,1-2H3/b25-14+. The largest absolute Gasteiger partial charge is 0.493 e. The van der Waals surface area contributed by atoms with Crippen LogP contribution in [0.3, 0.4) is 0 Å². The summed E-state index contributed by atoms with van der Waals surface area (Å²) in [5.41, 5.74) is 1.80. The molecule has 0 aliphatic heterocycles. The van der Waals surface area contributed by atoms with Crippen LogP contribution in [0.15, 0.2) is 57.8 Å². The molecule has 1 aliphatic rings. The van der Waals surface area contributed by atoms with Crippen molar-refractivity contribution < 1.29 is 9.47 Å². The van der Waals surface area contributed by atoms with E-state index < -0.39 is 0 Å². The maximum Gasteiger partial charge on any atom is 0.296 e. The molecule has 1 aliphatic carbocycles. The van der Waals surface area contributed by atoms with Crippen LogP contribution < -0.4 is 15.0 Å². The molecule has 4 rings (SSSR count). The molecule has 0 bridgehead atoms. The Morgan fingerprint density at radius 2 is 2.06 bits per heavy atom. The SMILES string of the molecule is COc1ccc(/C=N/n2c(SCc3cccnc3)nnc(C)c2=O)cc1OC1CCCC1. The normalized spacial score (nSPS) is 14.2. The number of aromatic nitrogens is 4. The van der Waals surface area contributed by atoms with Gasteiger partial charge in [0.15, 0.2) is 11.5 Å². The van der Waals surface area contributed by atoms with Gasteiger partial charge >= 0.3 is 0 Å². The van der Waals surface area contributed by atoms with Gasteiger partial charge in [0.25, 0.3) is 5.56 Å². The maximum atomic E-state index is 12.7. The Hall–Kier alpha value is -3.20. The number of ether oxygens (including phenoxy) is 2. The minimum absolute atomic E-state index is 0.209. The Bertz CT molecular complexity index is 1140. The van der Waals surface area contributed by atoms with Crippen LogP contribution in [0, 0.1) is 6.92 Å². The monoisotopic (exact) mass is 451 g/mol. The van der Waals surface area contributed by atoms with Crippen molar-refractivity contribution in [1.82, 2.24) is 19.9 Å². The Morgan fingerprint density at radius 1 is 1.22 bits per heavy atom. The first-order valence-electron chi connectivity index (χ1n) is 10.5. The summed E-state index contributed by atoms with van der Waals surface area (Å²) in [7, 11) is 1.63. The van der Waals surface area contributed by atoms with Crippen molar-refractivity contribution in [1.29, 1.82) is 0 Å². The quantitative estimate of drug-likeness (QED) is 0.379. The summed E-state index contributed by atoms with van der Waals surface area (Å²) >= 11 is 1.38. The van der Waals surface area contributed by atoms with Gasteiger partial charge in [-0.3, -0.25) is 9.78 Å². The molecule has 9 heteroatoms. The van der Waals surface area contributed by atoms with Crippen molar-refractivity contribution in [2.45, 2.75) is 49.6 Å². The van der Waals surface area contributed by atoms with E-state index in [1.165, 1.54) is 29.3 Å². The Kier molecular flexibility index (Phi) is 7.16. The van der Waals surface area contributed by atoms with Gasteiger partial charge in [0.1, 0.15) is 5.69 Å². The summed E-state index contributed by atoms with van der Waals surface area (Å²) < 4.78 is 12.9. The fraction of sp³-hybridized carbons (Fsp3) is 0.348. The van der Waals surface area contributed by atoms with E-state index in [4.69, 9.17) is 9.47 Å². The van der Waals surface area contributed by atoms with Gasteiger partial charge in [-0.15, -0.1) is 10.2 Å². The number of hydrogen-bond donors (Lipinski definition) is 0. The predicted molar refractivity (Wildman–Crippen MR) is 124 cm³/mol. The Balaban J connectivity index is 1.58. The van der Waals surface area contributed by atoms with E-state index in [-0.39, 0.29) is 17.4 Å². The van der Waals surface area contributed by atoms with E-state index in [2.05, 4.69) is 20.3 Å². The van der Waals surface area contributed by atoms with Crippen molar-refractivity contribution in [3.05, 3.63) is 69.9 Å². The van der Waals surface area contributed by atoms with Gasteiger partial charge < -0.3 is 9.47 Å². The highest BCUT2D eigenvalue weighted by Gasteiger charge is 2.18. The van der Waals surface area contributed by atoms with E-state index in [9.17, 15) is 4.79 Å². The molecule has 32 heavy (non-hydrogen) atoms. The van der Waals surface area contributed by atoms with Crippen LogP contribution in [0.25, 0.3) is 0 Å². The lowest BCUT2D eigenvalue weighted by Crippen LogP contribution is -2.23. The molecule has 0 N–H and O–H groups in total. The second-order valence-corrected chi connectivity index (χ2v) is 8.46. The number of thioether (sulfide) groups is 1. The van der Waals surface area contributed by atoms with Crippen molar-refractivity contribution in [2.24, 2.45) is 5.10 Å². The molecule has 0 saturated heterocycles. The lowest BCUT2D eigenvalue weighted by molar-refractivity contribution is 0.201. The van der Waals surface area contributed by atoms with E-state index in [1.54, 1.807) is 32.6 Å². The molecule has 166 valence electrons. The Labute approximate surface area is 190 Å². The van der Waals surface area contributed by atoms with Gasteiger partial charge in [-0.2, -0.15) is 9.78 Å². The summed E-state index contributed by atoms with van der Waals surface area (Å²) in [5.74, 6) is 1.97. The van der Waals surface area contributed by atoms with E-state index in [1.807, 2.05) is 30.3 Å². The highest BCUT2D eigenvalue weighted by atomic mass is 32.2. The van der Waals surface area contributed by atoms with Crippen LogP contribution in [0.5, 0.6) is 11.5 Å². The predicted octanol–water partition coefficient (Wildman–Crippen LogP) is 3.85. The van der Waals surface area contributed by atoms with Gasteiger partial charge in [0.05, 0.1) is 19.4 Å². The van der Waals surface area contributed by atoms with Gasteiger partial charge in [-0.25, -0.2) is 0 Å². The topological polar surface area (TPSA) is 91.5 Å². The molecule has 1 aromatic carbocycles. The molecule has 2 aromatic heterocycles. The highest BCUT2D eigenvalue weighted by Crippen LogP contribution is 2.32. The third-order valence-corrected chi connectivity index (χ3v) is 6.16. The third-order valence-electron chi connectivity index (χ3n) is 5.17. The molecule has 0 atom stereocenters. The van der Waals surface area contributed by atoms with Crippen LogP contribution in [0.2, 0.25) is 0 Å². The van der Waals surface area contributed by atoms with Crippen molar-refractivity contribution >= 4 is 18.0 Å². The van der Waals surface area contributed by atoms with Crippen LogP contribution in [-0.4, -0.2) is 39.3 Å². The molecule has 0 amide bonds. The smallest absolute Gasteiger partial charge is 0.296 e. The van der Waals surface area contributed by atoms with Crippen molar-refractivity contribution in [3.63, 3.8) is 0 Å². The molecule has 0 radical (unpaired) electrons. The minimum atomic E-state index is -0.305. The van der Waals surface area contributed by atoms with E-state index in [0.29, 0.717) is 22.4 Å². The summed E-state index contributed by atoms with van der Waals surface area (Å²) in [6, 6.07) is 9.45. The fourth-order valence-electron chi connectivity index (χ4n) is 3.44. The number of benzene rings is 1. The second kappa shape index (κ2) is 10.4. The Morgan fingerprint density at radius 3 is 2.81 bits per heavy atom. The van der Waals surface area contributed by atoms with Crippen LogP contribution in [-0.2, 0) is 5.75 Å². The average Bonchev–Trinajstić information content (AvgIpc) is 3.33. The number of pyridine rings is 1. The first kappa shape index (κ1) is 22.0. The average molecular weight is 452 g/mol. The van der Waals surface area contributed by atoms with Crippen LogP contribution in [0.4, 0.5) is 0 Å². The molecule has 1 saturated carbocycles. The molecule has 0 spiro atoms. The maximum absolute atomic E-state index is 12.7. The molecule has 3 aromatic rings.